The van der Waals surface area contributed by atoms with Crippen LogP contribution in [0.1, 0.15) is 18.6 Å². The van der Waals surface area contributed by atoms with Crippen LogP contribution < -0.4 is 10.2 Å². The summed E-state index contributed by atoms with van der Waals surface area (Å²) >= 11 is 1.26. The maximum atomic E-state index is 14.5. The summed E-state index contributed by atoms with van der Waals surface area (Å²) in [6, 6.07) is 4.87. The minimum atomic E-state index is -1.19. The van der Waals surface area contributed by atoms with Gasteiger partial charge in [-0.05, 0) is 25.1 Å². The molecule has 1 saturated heterocycles. The molecule has 3 N–H and O–H groups in total. The number of fused-ring (bicyclic) bond motifs is 1. The van der Waals surface area contributed by atoms with E-state index in [4.69, 9.17) is 5.11 Å². The molecule has 1 aliphatic heterocycles. The van der Waals surface area contributed by atoms with Crippen LogP contribution in [0.3, 0.4) is 0 Å². The topological polar surface area (TPSA) is 102 Å². The number of amides is 2. The lowest BCUT2D eigenvalue weighted by atomic mass is 10.1. The number of hydrogen-bond acceptors (Lipinski definition) is 7. The predicted octanol–water partition coefficient (Wildman–Crippen LogP) is 2.74. The Balaban J connectivity index is 1.42. The molecule has 4 rings (SSSR count). The van der Waals surface area contributed by atoms with Gasteiger partial charge in [-0.2, -0.15) is 0 Å². The number of carbonyl (C=O) groups excluding carboxylic acids is 1. The Morgan fingerprint density at radius 3 is 2.87 bits per heavy atom. The van der Waals surface area contributed by atoms with E-state index in [1.165, 1.54) is 29.7 Å². The van der Waals surface area contributed by atoms with Crippen molar-refractivity contribution < 1.29 is 23.8 Å². The van der Waals surface area contributed by atoms with Crippen LogP contribution >= 0.6 is 11.3 Å². The molecular weight excluding hydrogens is 428 g/mol. The van der Waals surface area contributed by atoms with Crippen molar-refractivity contribution in [2.24, 2.45) is 0 Å². The number of urea groups is 1. The molecule has 0 saturated carbocycles. The molecule has 1 unspecified atom stereocenters. The second-order valence-corrected chi connectivity index (χ2v) is 8.35. The van der Waals surface area contributed by atoms with Crippen LogP contribution in [0.5, 0.6) is 0 Å². The van der Waals surface area contributed by atoms with E-state index in [-0.39, 0.29) is 29.3 Å². The fourth-order valence-corrected chi connectivity index (χ4v) is 4.37. The number of pyridine rings is 1. The number of benzene rings is 1. The van der Waals surface area contributed by atoms with Gasteiger partial charge in [0.25, 0.3) is 0 Å². The zero-order chi connectivity index (χ0) is 22.1. The molecule has 2 atom stereocenters. The monoisotopic (exact) mass is 449 g/mol. The van der Waals surface area contributed by atoms with Crippen molar-refractivity contribution in [2.45, 2.75) is 19.1 Å². The summed E-state index contributed by atoms with van der Waals surface area (Å²) < 4.78 is 28.6. The molecule has 0 bridgehead atoms. The van der Waals surface area contributed by atoms with Gasteiger partial charge in [-0.1, -0.05) is 11.3 Å². The lowest BCUT2D eigenvalue weighted by Crippen LogP contribution is -2.55. The summed E-state index contributed by atoms with van der Waals surface area (Å²) in [6.07, 6.45) is 0.147. The highest BCUT2D eigenvalue weighted by Crippen LogP contribution is 2.27. The molecule has 2 aromatic heterocycles. The van der Waals surface area contributed by atoms with Gasteiger partial charge in [0.05, 0.1) is 16.8 Å². The Kier molecular flexibility index (Phi) is 5.99. The third kappa shape index (κ3) is 4.43. The molecular formula is C20H21F2N5O3S. The first-order valence-electron chi connectivity index (χ1n) is 9.68. The molecule has 1 fully saturated rings. The summed E-state index contributed by atoms with van der Waals surface area (Å²) in [5.41, 5.74) is 0.681. The Morgan fingerprint density at radius 1 is 1.35 bits per heavy atom. The average Bonchev–Trinajstić information content (AvgIpc) is 3.14. The molecule has 8 nitrogen and oxygen atoms in total. The maximum Gasteiger partial charge on any atom is 0.324 e. The number of piperazine rings is 1. The van der Waals surface area contributed by atoms with Gasteiger partial charge in [0.1, 0.15) is 11.9 Å². The van der Waals surface area contributed by atoms with Gasteiger partial charge in [-0.3, -0.25) is 5.32 Å². The second kappa shape index (κ2) is 8.69. The Hall–Kier alpha value is -2.89. The number of rotatable bonds is 4. The number of nitrogens with one attached hydrogen (secondary N) is 1. The third-order valence-electron chi connectivity index (χ3n) is 5.15. The van der Waals surface area contributed by atoms with Crippen molar-refractivity contribution in [1.82, 2.24) is 14.9 Å². The highest BCUT2D eigenvalue weighted by molar-refractivity contribution is 7.22. The quantitative estimate of drug-likeness (QED) is 0.566. The van der Waals surface area contributed by atoms with Crippen molar-refractivity contribution in [3.05, 3.63) is 47.7 Å². The average molecular weight is 449 g/mol. The summed E-state index contributed by atoms with van der Waals surface area (Å²) in [5, 5.41) is 21.8. The fraction of sp³-hybridized carbons (Fsp3) is 0.350. The summed E-state index contributed by atoms with van der Waals surface area (Å²) in [6.45, 7) is 2.41. The molecule has 0 aliphatic carbocycles. The summed E-state index contributed by atoms with van der Waals surface area (Å²) in [5.74, 6) is -0.856. The van der Waals surface area contributed by atoms with E-state index in [0.29, 0.717) is 30.3 Å². The van der Waals surface area contributed by atoms with E-state index in [2.05, 4.69) is 15.3 Å². The normalized spacial score (nSPS) is 17.8. The van der Waals surface area contributed by atoms with Crippen LogP contribution in [0, 0.1) is 11.6 Å². The molecule has 3 aromatic rings. The number of hydrogen-bond donors (Lipinski definition) is 3. The van der Waals surface area contributed by atoms with Crippen LogP contribution in [0.2, 0.25) is 0 Å². The van der Waals surface area contributed by atoms with Gasteiger partial charge in [-0.25, -0.2) is 23.5 Å². The highest BCUT2D eigenvalue weighted by Gasteiger charge is 2.30. The molecule has 3 heterocycles. The van der Waals surface area contributed by atoms with Gasteiger partial charge in [-0.15, -0.1) is 0 Å². The van der Waals surface area contributed by atoms with E-state index >= 15 is 0 Å². The van der Waals surface area contributed by atoms with Gasteiger partial charge in [0, 0.05) is 43.5 Å². The molecule has 1 aliphatic rings. The first-order chi connectivity index (χ1) is 14.9. The molecule has 0 spiro atoms. The van der Waals surface area contributed by atoms with E-state index in [1.807, 2.05) is 6.92 Å². The molecule has 164 valence electrons. The molecule has 11 heteroatoms. The van der Waals surface area contributed by atoms with E-state index in [0.717, 1.165) is 10.8 Å². The number of thiazole rings is 1. The number of aliphatic hydroxyl groups excluding tert-OH is 2. The number of anilines is 2. The number of nitrogens with zero attached hydrogens (tertiary/aromatic N) is 4. The molecule has 0 radical (unpaired) electrons. The van der Waals surface area contributed by atoms with Crippen LogP contribution in [0.25, 0.3) is 10.2 Å². The van der Waals surface area contributed by atoms with Crippen LogP contribution in [0.15, 0.2) is 30.5 Å². The number of carbonyl (C=O) groups is 1. The molecule has 1 aromatic carbocycles. The minimum Gasteiger partial charge on any atom is -0.393 e. The van der Waals surface area contributed by atoms with Crippen LogP contribution in [-0.2, 0) is 0 Å². The molecule has 31 heavy (non-hydrogen) atoms. The Morgan fingerprint density at radius 2 is 2.16 bits per heavy atom. The summed E-state index contributed by atoms with van der Waals surface area (Å²) in [7, 11) is 0. The van der Waals surface area contributed by atoms with Crippen molar-refractivity contribution in [1.29, 1.82) is 0 Å². The largest absolute Gasteiger partial charge is 0.393 e. The maximum absolute atomic E-state index is 14.5. The number of aliphatic hydroxyl groups is 2. The van der Waals surface area contributed by atoms with Crippen molar-refractivity contribution >= 4 is 38.5 Å². The Labute approximate surface area is 180 Å². The van der Waals surface area contributed by atoms with E-state index < -0.39 is 18.5 Å². The van der Waals surface area contributed by atoms with Gasteiger partial charge >= 0.3 is 6.03 Å². The third-order valence-corrected chi connectivity index (χ3v) is 6.10. The number of halogens is 2. The predicted molar refractivity (Wildman–Crippen MR) is 113 cm³/mol. The zero-order valence-electron chi connectivity index (χ0n) is 16.6. The minimum absolute atomic E-state index is 0.133. The lowest BCUT2D eigenvalue weighted by molar-refractivity contribution is 0.0951. The standard InChI is InChI=1S/C20H21F2N5O3S/c1-11-9-26(18-14(22)6-12(8-23-18)16(29)10-28)4-5-27(11)20(30)25-19-24-15-7-13(21)2-3-17(15)31-19/h2-3,6-8,11,16,28-29H,4-5,9-10H2,1H3,(H,24,25,30)/t11-,16?/m1/s1. The smallest absolute Gasteiger partial charge is 0.324 e. The van der Waals surface area contributed by atoms with Crippen LogP contribution in [-0.4, -0.2) is 63.4 Å². The molecule has 2 amide bonds. The number of aromatic nitrogens is 2. The van der Waals surface area contributed by atoms with Crippen molar-refractivity contribution in [3.8, 4) is 0 Å². The van der Waals surface area contributed by atoms with Crippen LogP contribution in [0.4, 0.5) is 24.5 Å². The van der Waals surface area contributed by atoms with E-state index in [9.17, 15) is 18.7 Å². The lowest BCUT2D eigenvalue weighted by Gasteiger charge is -2.40. The fourth-order valence-electron chi connectivity index (χ4n) is 3.53. The zero-order valence-corrected chi connectivity index (χ0v) is 17.4. The Bertz CT molecular complexity index is 1110. The second-order valence-electron chi connectivity index (χ2n) is 7.32. The van der Waals surface area contributed by atoms with E-state index in [1.54, 1.807) is 15.9 Å². The first kappa shape index (κ1) is 21.3. The summed E-state index contributed by atoms with van der Waals surface area (Å²) in [4.78, 5) is 24.4. The van der Waals surface area contributed by atoms with Gasteiger partial charge in [0.2, 0.25) is 0 Å². The van der Waals surface area contributed by atoms with Gasteiger partial charge in [0.15, 0.2) is 16.8 Å². The van der Waals surface area contributed by atoms with Crippen molar-refractivity contribution in [3.63, 3.8) is 0 Å². The first-order valence-corrected chi connectivity index (χ1v) is 10.5. The van der Waals surface area contributed by atoms with Gasteiger partial charge < -0.3 is 20.0 Å². The van der Waals surface area contributed by atoms with Crippen molar-refractivity contribution in [2.75, 3.05) is 36.5 Å². The highest BCUT2D eigenvalue weighted by atomic mass is 32.1. The SMILES string of the molecule is C[C@@H]1CN(c2ncc(C(O)CO)cc2F)CCN1C(=O)Nc1nc2cc(F)ccc2s1.